The minimum atomic E-state index is 0.794. The van der Waals surface area contributed by atoms with Gasteiger partial charge in [0.1, 0.15) is 12.7 Å². The summed E-state index contributed by atoms with van der Waals surface area (Å²) >= 11 is 0. The highest BCUT2D eigenvalue weighted by Gasteiger charge is 1.97. The van der Waals surface area contributed by atoms with Gasteiger partial charge in [0, 0.05) is 0 Å². The number of aryl methyl sites for hydroxylation is 2. The van der Waals surface area contributed by atoms with E-state index in [0.717, 1.165) is 6.54 Å². The maximum Gasteiger partial charge on any atom is 0.137 e. The average Bonchev–Trinajstić information content (AvgIpc) is 2.54. The number of benzene rings is 1. The Hall–Kier alpha value is -1.64. The lowest BCUT2D eigenvalue weighted by atomic mass is 10.1. The van der Waals surface area contributed by atoms with Gasteiger partial charge in [-0.1, -0.05) is 29.3 Å². The highest BCUT2D eigenvalue weighted by Crippen LogP contribution is 2.09. The lowest BCUT2D eigenvalue weighted by molar-refractivity contribution is 0.684. The van der Waals surface area contributed by atoms with Gasteiger partial charge in [-0.25, -0.2) is 9.67 Å². The van der Waals surface area contributed by atoms with Crippen LogP contribution in [-0.2, 0) is 6.54 Å². The molecule has 72 valence electrons. The first kappa shape index (κ1) is 8.94. The van der Waals surface area contributed by atoms with Crippen LogP contribution in [0.1, 0.15) is 16.7 Å². The van der Waals surface area contributed by atoms with Gasteiger partial charge in [-0.3, -0.25) is 0 Å². The molecule has 0 radical (unpaired) electrons. The minimum Gasteiger partial charge on any atom is -0.249 e. The first-order chi connectivity index (χ1) is 6.74. The molecule has 0 saturated carbocycles. The smallest absolute Gasteiger partial charge is 0.137 e. The van der Waals surface area contributed by atoms with Crippen molar-refractivity contribution in [1.82, 2.24) is 14.8 Å². The maximum atomic E-state index is 4.08. The molecule has 2 aromatic rings. The first-order valence-corrected chi connectivity index (χ1v) is 4.63. The fourth-order valence-corrected chi connectivity index (χ4v) is 1.66. The second-order valence-corrected chi connectivity index (χ2v) is 3.59. The predicted octanol–water partition coefficient (Wildman–Crippen LogP) is 1.94. The van der Waals surface area contributed by atoms with Crippen LogP contribution in [0.5, 0.6) is 0 Å². The zero-order valence-corrected chi connectivity index (χ0v) is 8.44. The van der Waals surface area contributed by atoms with Crippen LogP contribution in [0.4, 0.5) is 0 Å². The monoisotopic (exact) mass is 187 g/mol. The molecule has 3 nitrogen and oxygen atoms in total. The highest BCUT2D eigenvalue weighted by molar-refractivity contribution is 5.28. The Labute approximate surface area is 83.4 Å². The second kappa shape index (κ2) is 3.62. The van der Waals surface area contributed by atoms with Crippen molar-refractivity contribution in [3.63, 3.8) is 0 Å². The zero-order chi connectivity index (χ0) is 9.97. The van der Waals surface area contributed by atoms with Crippen LogP contribution in [0.25, 0.3) is 0 Å². The molecule has 0 N–H and O–H groups in total. The third-order valence-corrected chi connectivity index (χ3v) is 2.09. The third kappa shape index (κ3) is 1.99. The molecule has 0 bridgehead atoms. The molecule has 0 aliphatic carbocycles. The molecule has 3 heteroatoms. The van der Waals surface area contributed by atoms with Gasteiger partial charge in [0.2, 0.25) is 0 Å². The molecular weight excluding hydrogens is 174 g/mol. The van der Waals surface area contributed by atoms with Crippen LogP contribution in [-0.4, -0.2) is 14.8 Å². The minimum absolute atomic E-state index is 0.794. The molecule has 2 rings (SSSR count). The van der Waals surface area contributed by atoms with Crippen molar-refractivity contribution in [2.24, 2.45) is 0 Å². The summed E-state index contributed by atoms with van der Waals surface area (Å²) in [5.74, 6) is 0. The summed E-state index contributed by atoms with van der Waals surface area (Å²) in [6.07, 6.45) is 3.29. The predicted molar refractivity (Wildman–Crippen MR) is 55.0 cm³/mol. The van der Waals surface area contributed by atoms with Gasteiger partial charge in [0.05, 0.1) is 6.54 Å². The Balaban J connectivity index is 2.25. The van der Waals surface area contributed by atoms with Crippen LogP contribution in [0.15, 0.2) is 30.9 Å². The standard InChI is InChI=1S/C11H13N3/c1-9-3-10(2)5-11(4-9)6-14-8-12-7-13-14/h3-5,7-8H,6H2,1-2H3. The molecule has 0 aliphatic rings. The molecule has 0 unspecified atom stereocenters. The van der Waals surface area contributed by atoms with Gasteiger partial charge in [-0.15, -0.1) is 0 Å². The average molecular weight is 187 g/mol. The lowest BCUT2D eigenvalue weighted by Crippen LogP contribution is -2.00. The Morgan fingerprint density at radius 1 is 1.14 bits per heavy atom. The van der Waals surface area contributed by atoms with E-state index in [4.69, 9.17) is 0 Å². The molecule has 1 aromatic heterocycles. The van der Waals surface area contributed by atoms with E-state index < -0.39 is 0 Å². The van der Waals surface area contributed by atoms with E-state index in [1.165, 1.54) is 16.7 Å². The van der Waals surface area contributed by atoms with Crippen molar-refractivity contribution in [3.05, 3.63) is 47.5 Å². The van der Waals surface area contributed by atoms with E-state index in [0.29, 0.717) is 0 Å². The second-order valence-electron chi connectivity index (χ2n) is 3.59. The summed E-state index contributed by atoms with van der Waals surface area (Å²) in [5.41, 5.74) is 3.85. The van der Waals surface area contributed by atoms with Crippen molar-refractivity contribution in [3.8, 4) is 0 Å². The van der Waals surface area contributed by atoms with Crippen LogP contribution in [0.3, 0.4) is 0 Å². The molecule has 0 aliphatic heterocycles. The van der Waals surface area contributed by atoms with Crippen LogP contribution in [0, 0.1) is 13.8 Å². The molecule has 1 aromatic carbocycles. The number of nitrogens with zero attached hydrogens (tertiary/aromatic N) is 3. The molecule has 0 atom stereocenters. The van der Waals surface area contributed by atoms with E-state index in [2.05, 4.69) is 42.1 Å². The number of hydrogen-bond donors (Lipinski definition) is 0. The summed E-state index contributed by atoms with van der Waals surface area (Å²) in [6, 6.07) is 6.52. The summed E-state index contributed by atoms with van der Waals surface area (Å²) < 4.78 is 1.83. The lowest BCUT2D eigenvalue weighted by Gasteiger charge is -2.04. The van der Waals surface area contributed by atoms with Crippen molar-refractivity contribution in [2.45, 2.75) is 20.4 Å². The molecule has 1 heterocycles. The normalized spacial score (nSPS) is 10.4. The fraction of sp³-hybridized carbons (Fsp3) is 0.273. The Morgan fingerprint density at radius 2 is 1.86 bits per heavy atom. The van der Waals surface area contributed by atoms with E-state index >= 15 is 0 Å². The quantitative estimate of drug-likeness (QED) is 0.719. The largest absolute Gasteiger partial charge is 0.249 e. The van der Waals surface area contributed by atoms with Gasteiger partial charge in [0.25, 0.3) is 0 Å². The molecular formula is C11H13N3. The number of rotatable bonds is 2. The third-order valence-electron chi connectivity index (χ3n) is 2.09. The van der Waals surface area contributed by atoms with E-state index in [1.54, 1.807) is 12.7 Å². The maximum absolute atomic E-state index is 4.08. The zero-order valence-electron chi connectivity index (χ0n) is 8.44. The molecule has 0 fully saturated rings. The van der Waals surface area contributed by atoms with Crippen molar-refractivity contribution >= 4 is 0 Å². The van der Waals surface area contributed by atoms with Gasteiger partial charge in [0.15, 0.2) is 0 Å². The first-order valence-electron chi connectivity index (χ1n) is 4.63. The molecule has 0 spiro atoms. The van der Waals surface area contributed by atoms with Gasteiger partial charge in [-0.2, -0.15) is 5.10 Å². The molecule has 0 saturated heterocycles. The highest BCUT2D eigenvalue weighted by atomic mass is 15.3. The van der Waals surface area contributed by atoms with E-state index in [1.807, 2.05) is 4.68 Å². The van der Waals surface area contributed by atoms with E-state index in [-0.39, 0.29) is 0 Å². The van der Waals surface area contributed by atoms with E-state index in [9.17, 15) is 0 Å². The van der Waals surface area contributed by atoms with Gasteiger partial charge >= 0.3 is 0 Å². The summed E-state index contributed by atoms with van der Waals surface area (Å²) in [5, 5.41) is 4.08. The summed E-state index contributed by atoms with van der Waals surface area (Å²) in [7, 11) is 0. The van der Waals surface area contributed by atoms with Crippen LogP contribution < -0.4 is 0 Å². The summed E-state index contributed by atoms with van der Waals surface area (Å²) in [6.45, 7) is 5.01. The Morgan fingerprint density at radius 3 is 2.43 bits per heavy atom. The van der Waals surface area contributed by atoms with Crippen LogP contribution in [0.2, 0.25) is 0 Å². The summed E-state index contributed by atoms with van der Waals surface area (Å²) in [4.78, 5) is 3.92. The SMILES string of the molecule is Cc1cc(C)cc(Cn2cncn2)c1. The van der Waals surface area contributed by atoms with Crippen LogP contribution >= 0.6 is 0 Å². The van der Waals surface area contributed by atoms with Gasteiger partial charge in [-0.05, 0) is 19.4 Å². The fourth-order valence-electron chi connectivity index (χ4n) is 1.66. The molecule has 0 amide bonds. The molecule has 14 heavy (non-hydrogen) atoms. The van der Waals surface area contributed by atoms with Crippen molar-refractivity contribution in [1.29, 1.82) is 0 Å². The van der Waals surface area contributed by atoms with Crippen molar-refractivity contribution < 1.29 is 0 Å². The van der Waals surface area contributed by atoms with Gasteiger partial charge < -0.3 is 0 Å². The Bertz CT molecular complexity index is 398. The number of aromatic nitrogens is 3. The topological polar surface area (TPSA) is 30.7 Å². The number of hydrogen-bond acceptors (Lipinski definition) is 2. The van der Waals surface area contributed by atoms with Crippen molar-refractivity contribution in [2.75, 3.05) is 0 Å². The Kier molecular flexibility index (Phi) is 2.31.